The predicted octanol–water partition coefficient (Wildman–Crippen LogP) is 7.76. The van der Waals surface area contributed by atoms with Gasteiger partial charge in [-0.2, -0.15) is 0 Å². The van der Waals surface area contributed by atoms with E-state index in [1.165, 1.54) is 79.0 Å². The van der Waals surface area contributed by atoms with Gasteiger partial charge in [-0.3, -0.25) is 0 Å². The van der Waals surface area contributed by atoms with Gasteiger partial charge in [-0.25, -0.2) is 8.78 Å². The van der Waals surface area contributed by atoms with Crippen LogP contribution >= 0.6 is 0 Å². The highest BCUT2D eigenvalue weighted by molar-refractivity contribution is 5.77. The lowest BCUT2D eigenvalue weighted by Gasteiger charge is -2.06. The van der Waals surface area contributed by atoms with Crippen LogP contribution in [-0.4, -0.2) is 0 Å². The molecule has 0 radical (unpaired) electrons. The summed E-state index contributed by atoms with van der Waals surface area (Å²) in [7, 11) is 0. The molecule has 0 nitrogen and oxygen atoms in total. The number of fused-ring (bicyclic) bond motifs is 3. The number of aryl methyl sites for hydroxylation is 1. The summed E-state index contributed by atoms with van der Waals surface area (Å²) in [4.78, 5) is 0. The molecule has 2 heteroatoms. The van der Waals surface area contributed by atoms with Crippen LogP contribution in [0.15, 0.2) is 48.5 Å². The molecule has 0 unspecified atom stereocenters. The van der Waals surface area contributed by atoms with Crippen LogP contribution in [0.25, 0.3) is 11.1 Å². The van der Waals surface area contributed by atoms with E-state index in [9.17, 15) is 8.78 Å². The van der Waals surface area contributed by atoms with Crippen LogP contribution in [-0.2, 0) is 12.8 Å². The lowest BCUT2D eigenvalue weighted by atomic mass is 9.99. The van der Waals surface area contributed by atoms with Crippen LogP contribution in [0.4, 0.5) is 8.78 Å². The Labute approximate surface area is 184 Å². The van der Waals surface area contributed by atoms with Crippen molar-refractivity contribution in [2.24, 2.45) is 0 Å². The van der Waals surface area contributed by atoms with Crippen molar-refractivity contribution >= 4 is 0 Å². The van der Waals surface area contributed by atoms with Crippen molar-refractivity contribution in [2.75, 3.05) is 0 Å². The SMILES string of the molecule is CCCCCCCc1ccc2c(c1)Cc1cc(C#Cc3cc(F)c(C)c(F)c3)ccc1-2. The highest BCUT2D eigenvalue weighted by Gasteiger charge is 2.18. The van der Waals surface area contributed by atoms with E-state index in [2.05, 4.69) is 49.1 Å². The van der Waals surface area contributed by atoms with E-state index in [1.807, 2.05) is 6.07 Å². The first-order chi connectivity index (χ1) is 15.0. The van der Waals surface area contributed by atoms with Gasteiger partial charge in [-0.05, 0) is 78.3 Å². The highest BCUT2D eigenvalue weighted by atomic mass is 19.1. The Morgan fingerprint density at radius 3 is 2.13 bits per heavy atom. The van der Waals surface area contributed by atoms with Crippen molar-refractivity contribution in [3.8, 4) is 23.0 Å². The van der Waals surface area contributed by atoms with Crippen molar-refractivity contribution in [2.45, 2.75) is 58.8 Å². The first kappa shape index (κ1) is 21.3. The lowest BCUT2D eigenvalue weighted by Crippen LogP contribution is -1.90. The number of unbranched alkanes of at least 4 members (excludes halogenated alkanes) is 4. The molecule has 31 heavy (non-hydrogen) atoms. The topological polar surface area (TPSA) is 0 Å². The molecule has 0 saturated carbocycles. The molecule has 1 aliphatic carbocycles. The van der Waals surface area contributed by atoms with E-state index in [4.69, 9.17) is 0 Å². The first-order valence-electron chi connectivity index (χ1n) is 11.3. The third-order valence-electron chi connectivity index (χ3n) is 6.15. The molecule has 0 heterocycles. The molecule has 0 amide bonds. The third kappa shape index (κ3) is 4.88. The Hall–Kier alpha value is -2.92. The second-order valence-electron chi connectivity index (χ2n) is 8.52. The molecule has 0 fully saturated rings. The summed E-state index contributed by atoms with van der Waals surface area (Å²) in [5.74, 6) is 4.84. The second-order valence-corrected chi connectivity index (χ2v) is 8.52. The summed E-state index contributed by atoms with van der Waals surface area (Å²) in [6, 6.07) is 15.7. The van der Waals surface area contributed by atoms with Crippen LogP contribution in [0.3, 0.4) is 0 Å². The molecule has 4 rings (SSSR count). The van der Waals surface area contributed by atoms with Gasteiger partial charge in [0.25, 0.3) is 0 Å². The zero-order valence-corrected chi connectivity index (χ0v) is 18.3. The number of benzene rings is 3. The quantitative estimate of drug-likeness (QED) is 0.223. The van der Waals surface area contributed by atoms with Crippen LogP contribution in [0.2, 0.25) is 0 Å². The largest absolute Gasteiger partial charge is 0.207 e. The minimum atomic E-state index is -0.560. The van der Waals surface area contributed by atoms with Gasteiger partial charge < -0.3 is 0 Å². The maximum absolute atomic E-state index is 13.8. The van der Waals surface area contributed by atoms with Gasteiger partial charge >= 0.3 is 0 Å². The fraction of sp³-hybridized carbons (Fsp3) is 0.310. The maximum atomic E-state index is 13.8. The van der Waals surface area contributed by atoms with Gasteiger partial charge in [0.1, 0.15) is 11.6 Å². The van der Waals surface area contributed by atoms with E-state index >= 15 is 0 Å². The predicted molar refractivity (Wildman–Crippen MR) is 124 cm³/mol. The molecular formula is C29H28F2. The molecule has 0 spiro atoms. The number of hydrogen-bond acceptors (Lipinski definition) is 0. The standard InChI is InChI=1S/C29H28F2/c1-3-4-5-6-7-8-21-11-13-26-24(15-21)19-25-16-22(12-14-27(25)26)9-10-23-17-28(30)20(2)29(31)18-23/h11-18H,3-8,19H2,1-2H3. The van der Waals surface area contributed by atoms with Crippen LogP contribution in [0.5, 0.6) is 0 Å². The van der Waals surface area contributed by atoms with Gasteiger partial charge in [-0.15, -0.1) is 0 Å². The number of rotatable bonds is 6. The van der Waals surface area contributed by atoms with Crippen molar-refractivity contribution in [3.05, 3.63) is 93.5 Å². The third-order valence-corrected chi connectivity index (χ3v) is 6.15. The number of halogens is 2. The summed E-state index contributed by atoms with van der Waals surface area (Å²) < 4.78 is 27.5. The van der Waals surface area contributed by atoms with Gasteiger partial charge in [0.15, 0.2) is 0 Å². The Kier molecular flexibility index (Phi) is 6.52. The summed E-state index contributed by atoms with van der Waals surface area (Å²) in [5.41, 5.74) is 7.90. The molecule has 0 atom stereocenters. The highest BCUT2D eigenvalue weighted by Crippen LogP contribution is 2.37. The zero-order valence-electron chi connectivity index (χ0n) is 18.3. The van der Waals surface area contributed by atoms with E-state index in [0.29, 0.717) is 5.56 Å². The van der Waals surface area contributed by atoms with Crippen molar-refractivity contribution in [3.63, 3.8) is 0 Å². The summed E-state index contributed by atoms with van der Waals surface area (Å²) in [6.45, 7) is 3.68. The van der Waals surface area contributed by atoms with E-state index in [1.54, 1.807) is 0 Å². The van der Waals surface area contributed by atoms with Crippen LogP contribution in [0.1, 0.15) is 72.4 Å². The molecular weight excluding hydrogens is 386 g/mol. The van der Waals surface area contributed by atoms with Crippen molar-refractivity contribution < 1.29 is 8.78 Å². The first-order valence-corrected chi connectivity index (χ1v) is 11.3. The second kappa shape index (κ2) is 9.48. The fourth-order valence-electron chi connectivity index (χ4n) is 4.29. The Bertz CT molecular complexity index is 1140. The van der Waals surface area contributed by atoms with Crippen LogP contribution in [0, 0.1) is 30.4 Å². The average Bonchev–Trinajstić information content (AvgIpc) is 3.12. The normalized spacial score (nSPS) is 11.6. The zero-order chi connectivity index (χ0) is 21.8. The summed E-state index contributed by atoms with van der Waals surface area (Å²) in [5, 5.41) is 0. The lowest BCUT2D eigenvalue weighted by molar-refractivity contribution is 0.567. The molecule has 0 N–H and O–H groups in total. The molecule has 158 valence electrons. The van der Waals surface area contributed by atoms with E-state index in [-0.39, 0.29) is 5.56 Å². The summed E-state index contributed by atoms with van der Waals surface area (Å²) in [6.07, 6.45) is 8.57. The summed E-state index contributed by atoms with van der Waals surface area (Å²) >= 11 is 0. The fourth-order valence-corrected chi connectivity index (χ4v) is 4.29. The molecule has 0 aliphatic heterocycles. The van der Waals surface area contributed by atoms with Crippen LogP contribution < -0.4 is 0 Å². The molecule has 0 bridgehead atoms. The smallest absolute Gasteiger partial charge is 0.130 e. The van der Waals surface area contributed by atoms with E-state index in [0.717, 1.165) is 18.4 Å². The Morgan fingerprint density at radius 2 is 1.39 bits per heavy atom. The van der Waals surface area contributed by atoms with Gasteiger partial charge in [-0.1, -0.05) is 68.7 Å². The van der Waals surface area contributed by atoms with Gasteiger partial charge in [0.05, 0.1) is 0 Å². The Morgan fingerprint density at radius 1 is 0.742 bits per heavy atom. The minimum Gasteiger partial charge on any atom is -0.207 e. The molecule has 3 aromatic carbocycles. The van der Waals surface area contributed by atoms with Gasteiger partial charge in [0, 0.05) is 16.7 Å². The number of hydrogen-bond donors (Lipinski definition) is 0. The van der Waals surface area contributed by atoms with Gasteiger partial charge in [0.2, 0.25) is 0 Å². The molecule has 1 aliphatic rings. The molecule has 0 saturated heterocycles. The average molecular weight is 415 g/mol. The minimum absolute atomic E-state index is 0.0289. The Balaban J connectivity index is 1.48. The monoisotopic (exact) mass is 414 g/mol. The van der Waals surface area contributed by atoms with Crippen molar-refractivity contribution in [1.29, 1.82) is 0 Å². The van der Waals surface area contributed by atoms with E-state index < -0.39 is 11.6 Å². The van der Waals surface area contributed by atoms with Crippen molar-refractivity contribution in [1.82, 2.24) is 0 Å². The molecule has 3 aromatic rings. The maximum Gasteiger partial charge on any atom is 0.130 e. The molecule has 0 aromatic heterocycles.